The standard InChI is InChI=1S/C15H22FNO/c1-11(12-6-5-7-13(16)10-12)17-14-8-3-4-9-15(14)18-2/h5-7,10-11,14-15,17H,3-4,8-9H2,1-2H3/t11-,14?,15?/m1/s1. The maximum absolute atomic E-state index is 13.2. The van der Waals surface area contributed by atoms with E-state index in [-0.39, 0.29) is 18.0 Å². The molecular formula is C15H22FNO. The normalized spacial score (nSPS) is 25.9. The molecule has 2 unspecified atom stereocenters. The minimum Gasteiger partial charge on any atom is -0.380 e. The first-order valence-corrected chi connectivity index (χ1v) is 6.75. The molecular weight excluding hydrogens is 229 g/mol. The van der Waals surface area contributed by atoms with Gasteiger partial charge in [0.2, 0.25) is 0 Å². The first-order valence-electron chi connectivity index (χ1n) is 6.75. The minimum atomic E-state index is -0.173. The van der Waals surface area contributed by atoms with Gasteiger partial charge in [0.15, 0.2) is 0 Å². The number of nitrogens with one attached hydrogen (secondary N) is 1. The largest absolute Gasteiger partial charge is 0.380 e. The Hall–Kier alpha value is -0.930. The van der Waals surface area contributed by atoms with Crippen LogP contribution < -0.4 is 5.32 Å². The van der Waals surface area contributed by atoms with Crippen LogP contribution in [0.4, 0.5) is 4.39 Å². The van der Waals surface area contributed by atoms with Gasteiger partial charge in [-0.15, -0.1) is 0 Å². The molecule has 2 rings (SSSR count). The lowest BCUT2D eigenvalue weighted by Gasteiger charge is -2.33. The number of benzene rings is 1. The SMILES string of the molecule is COC1CCCCC1N[C@H](C)c1cccc(F)c1. The number of methoxy groups -OCH3 is 1. The van der Waals surface area contributed by atoms with Gasteiger partial charge in [0.05, 0.1) is 6.10 Å². The van der Waals surface area contributed by atoms with Gasteiger partial charge in [-0.3, -0.25) is 0 Å². The molecule has 1 fully saturated rings. The van der Waals surface area contributed by atoms with E-state index < -0.39 is 0 Å². The number of rotatable bonds is 4. The third kappa shape index (κ3) is 3.30. The molecule has 0 aliphatic heterocycles. The van der Waals surface area contributed by atoms with Crippen LogP contribution in [0.3, 0.4) is 0 Å². The zero-order chi connectivity index (χ0) is 13.0. The van der Waals surface area contributed by atoms with Gasteiger partial charge in [-0.2, -0.15) is 0 Å². The van der Waals surface area contributed by atoms with Gasteiger partial charge in [0.1, 0.15) is 5.82 Å². The van der Waals surface area contributed by atoms with E-state index in [1.165, 1.54) is 18.9 Å². The molecule has 0 heterocycles. The number of halogens is 1. The van der Waals surface area contributed by atoms with Gasteiger partial charge in [-0.05, 0) is 37.5 Å². The Bertz CT molecular complexity index is 383. The summed E-state index contributed by atoms with van der Waals surface area (Å²) < 4.78 is 18.7. The van der Waals surface area contributed by atoms with Gasteiger partial charge < -0.3 is 10.1 Å². The fourth-order valence-corrected chi connectivity index (χ4v) is 2.76. The van der Waals surface area contributed by atoms with Crippen LogP contribution >= 0.6 is 0 Å². The van der Waals surface area contributed by atoms with E-state index in [0.29, 0.717) is 6.04 Å². The van der Waals surface area contributed by atoms with Crippen LogP contribution in [0.2, 0.25) is 0 Å². The lowest BCUT2D eigenvalue weighted by Crippen LogP contribution is -2.44. The Morgan fingerprint density at radius 2 is 2.11 bits per heavy atom. The van der Waals surface area contributed by atoms with Crippen molar-refractivity contribution in [2.24, 2.45) is 0 Å². The quantitative estimate of drug-likeness (QED) is 0.885. The molecule has 0 radical (unpaired) electrons. The highest BCUT2D eigenvalue weighted by Gasteiger charge is 2.26. The van der Waals surface area contributed by atoms with E-state index in [0.717, 1.165) is 18.4 Å². The van der Waals surface area contributed by atoms with Crippen molar-refractivity contribution < 1.29 is 9.13 Å². The van der Waals surface area contributed by atoms with Crippen LogP contribution in [0.25, 0.3) is 0 Å². The molecule has 0 saturated heterocycles. The molecule has 100 valence electrons. The van der Waals surface area contributed by atoms with E-state index >= 15 is 0 Å². The lowest BCUT2D eigenvalue weighted by molar-refractivity contribution is 0.0384. The van der Waals surface area contributed by atoms with Crippen LogP contribution in [0.1, 0.15) is 44.2 Å². The number of ether oxygens (including phenoxy) is 1. The van der Waals surface area contributed by atoms with Crippen molar-refractivity contribution in [2.45, 2.75) is 50.8 Å². The van der Waals surface area contributed by atoms with E-state index in [1.807, 2.05) is 6.07 Å². The van der Waals surface area contributed by atoms with E-state index in [9.17, 15) is 4.39 Å². The summed E-state index contributed by atoms with van der Waals surface area (Å²) in [5, 5.41) is 3.57. The van der Waals surface area contributed by atoms with Gasteiger partial charge in [0, 0.05) is 19.2 Å². The van der Waals surface area contributed by atoms with Crippen molar-refractivity contribution in [1.29, 1.82) is 0 Å². The zero-order valence-electron chi connectivity index (χ0n) is 11.2. The van der Waals surface area contributed by atoms with Crippen LogP contribution in [-0.2, 0) is 4.74 Å². The summed E-state index contributed by atoms with van der Waals surface area (Å²) in [4.78, 5) is 0. The fraction of sp³-hybridized carbons (Fsp3) is 0.600. The fourth-order valence-electron chi connectivity index (χ4n) is 2.76. The Balaban J connectivity index is 1.99. The molecule has 1 aromatic carbocycles. The molecule has 0 amide bonds. The molecule has 1 aliphatic rings. The average molecular weight is 251 g/mol. The molecule has 18 heavy (non-hydrogen) atoms. The molecule has 1 N–H and O–H groups in total. The van der Waals surface area contributed by atoms with Gasteiger partial charge >= 0.3 is 0 Å². The van der Waals surface area contributed by atoms with Crippen molar-refractivity contribution in [3.63, 3.8) is 0 Å². The van der Waals surface area contributed by atoms with Crippen LogP contribution in [0, 0.1) is 5.82 Å². The highest BCUT2D eigenvalue weighted by molar-refractivity contribution is 5.19. The van der Waals surface area contributed by atoms with E-state index in [2.05, 4.69) is 12.2 Å². The highest BCUT2D eigenvalue weighted by atomic mass is 19.1. The maximum atomic E-state index is 13.2. The summed E-state index contributed by atoms with van der Waals surface area (Å²) in [5.74, 6) is -0.173. The Morgan fingerprint density at radius 3 is 2.83 bits per heavy atom. The summed E-state index contributed by atoms with van der Waals surface area (Å²) in [6.07, 6.45) is 5.02. The highest BCUT2D eigenvalue weighted by Crippen LogP contribution is 2.24. The minimum absolute atomic E-state index is 0.154. The number of hydrogen-bond acceptors (Lipinski definition) is 2. The maximum Gasteiger partial charge on any atom is 0.123 e. The topological polar surface area (TPSA) is 21.3 Å². The number of hydrogen-bond donors (Lipinski definition) is 1. The second-order valence-electron chi connectivity index (χ2n) is 5.11. The summed E-state index contributed by atoms with van der Waals surface area (Å²) in [5.41, 5.74) is 0.996. The Morgan fingerprint density at radius 1 is 1.33 bits per heavy atom. The lowest BCUT2D eigenvalue weighted by atomic mass is 9.91. The molecule has 2 nitrogen and oxygen atoms in total. The molecule has 3 heteroatoms. The van der Waals surface area contributed by atoms with Crippen molar-refractivity contribution in [3.05, 3.63) is 35.6 Å². The zero-order valence-corrected chi connectivity index (χ0v) is 11.2. The molecule has 3 atom stereocenters. The molecule has 0 aromatic heterocycles. The summed E-state index contributed by atoms with van der Waals surface area (Å²) in [7, 11) is 1.78. The second-order valence-corrected chi connectivity index (χ2v) is 5.11. The van der Waals surface area contributed by atoms with Crippen LogP contribution in [0.5, 0.6) is 0 Å². The second kappa shape index (κ2) is 6.30. The van der Waals surface area contributed by atoms with E-state index in [4.69, 9.17) is 4.74 Å². The monoisotopic (exact) mass is 251 g/mol. The molecule has 1 aromatic rings. The smallest absolute Gasteiger partial charge is 0.123 e. The van der Waals surface area contributed by atoms with Crippen molar-refractivity contribution in [3.8, 4) is 0 Å². The first kappa shape index (κ1) is 13.5. The average Bonchev–Trinajstić information content (AvgIpc) is 2.39. The van der Waals surface area contributed by atoms with Gasteiger partial charge in [0.25, 0.3) is 0 Å². The van der Waals surface area contributed by atoms with Gasteiger partial charge in [-0.1, -0.05) is 25.0 Å². The Kier molecular flexibility index (Phi) is 4.72. The first-order chi connectivity index (χ1) is 8.70. The van der Waals surface area contributed by atoms with E-state index in [1.54, 1.807) is 19.2 Å². The molecule has 0 spiro atoms. The summed E-state index contributed by atoms with van der Waals surface area (Å²) in [6, 6.07) is 7.34. The van der Waals surface area contributed by atoms with Crippen molar-refractivity contribution >= 4 is 0 Å². The Labute approximate surface area is 109 Å². The molecule has 0 bridgehead atoms. The predicted molar refractivity (Wildman–Crippen MR) is 71.0 cm³/mol. The third-order valence-electron chi connectivity index (χ3n) is 3.82. The third-order valence-corrected chi connectivity index (χ3v) is 3.82. The predicted octanol–water partition coefficient (Wildman–Crippen LogP) is 3.43. The van der Waals surface area contributed by atoms with Crippen LogP contribution in [0.15, 0.2) is 24.3 Å². The molecule has 1 aliphatic carbocycles. The summed E-state index contributed by atoms with van der Waals surface area (Å²) >= 11 is 0. The van der Waals surface area contributed by atoms with Crippen molar-refractivity contribution in [2.75, 3.05) is 7.11 Å². The summed E-state index contributed by atoms with van der Waals surface area (Å²) in [6.45, 7) is 2.08. The molecule has 1 saturated carbocycles. The van der Waals surface area contributed by atoms with Crippen molar-refractivity contribution in [1.82, 2.24) is 5.32 Å². The van der Waals surface area contributed by atoms with Gasteiger partial charge in [-0.25, -0.2) is 4.39 Å². The van der Waals surface area contributed by atoms with Crippen LogP contribution in [-0.4, -0.2) is 19.3 Å².